The molecule has 0 saturated carbocycles. The van der Waals surface area contributed by atoms with Crippen molar-refractivity contribution >= 4 is 16.5 Å². The molecule has 0 radical (unpaired) electrons. The van der Waals surface area contributed by atoms with Crippen LogP contribution in [-0.2, 0) is 0 Å². The van der Waals surface area contributed by atoms with E-state index in [0.29, 0.717) is 45.1 Å². The molecular formula is C18H13NO6. The van der Waals surface area contributed by atoms with E-state index in [-0.39, 0.29) is 5.76 Å². The van der Waals surface area contributed by atoms with Gasteiger partial charge in [0.1, 0.15) is 5.57 Å². The molecule has 0 N–H and O–H groups in total. The minimum absolute atomic E-state index is 0.289. The zero-order chi connectivity index (χ0) is 17.6. The van der Waals surface area contributed by atoms with Gasteiger partial charge in [-0.1, -0.05) is 12.1 Å². The molecule has 4 rings (SSSR count). The molecular weight excluding hydrogens is 326 g/mol. The van der Waals surface area contributed by atoms with Gasteiger partial charge in [0.05, 0.1) is 24.5 Å². The Bertz CT molecular complexity index is 1030. The maximum Gasteiger partial charge on any atom is 0.246 e. The standard InChI is InChI=1S/C18H13NO6/c1-22-13-7-3-5-10-12(9-19(20)21)18-17(24-15(10)13)11-6-4-8-14(23-2)16(11)25-18/h3-9H,1-2H3/b12-9-. The normalized spacial score (nSPS) is 13.9. The lowest BCUT2D eigenvalue weighted by Gasteiger charge is -2.19. The Morgan fingerprint density at radius 2 is 1.76 bits per heavy atom. The number of hydrogen-bond acceptors (Lipinski definition) is 6. The lowest BCUT2D eigenvalue weighted by Crippen LogP contribution is -2.04. The van der Waals surface area contributed by atoms with Crippen molar-refractivity contribution in [2.75, 3.05) is 14.2 Å². The summed E-state index contributed by atoms with van der Waals surface area (Å²) in [7, 11) is 3.05. The Labute approximate surface area is 142 Å². The molecule has 0 spiro atoms. The molecule has 0 atom stereocenters. The topological polar surface area (TPSA) is 84.0 Å². The summed E-state index contributed by atoms with van der Waals surface area (Å²) in [4.78, 5) is 10.7. The van der Waals surface area contributed by atoms with Crippen LogP contribution in [0.25, 0.3) is 16.5 Å². The van der Waals surface area contributed by atoms with Crippen LogP contribution >= 0.6 is 0 Å². The van der Waals surface area contributed by atoms with Crippen molar-refractivity contribution in [3.05, 3.63) is 64.0 Å². The second-order valence-electron chi connectivity index (χ2n) is 5.36. The van der Waals surface area contributed by atoms with E-state index in [1.54, 1.807) is 30.3 Å². The molecule has 1 aliphatic rings. The summed E-state index contributed by atoms with van der Waals surface area (Å²) in [6, 6.07) is 10.6. The first kappa shape index (κ1) is 15.1. The van der Waals surface area contributed by atoms with Crippen LogP contribution in [0, 0.1) is 10.1 Å². The summed E-state index contributed by atoms with van der Waals surface area (Å²) in [5.41, 5.74) is 1.32. The van der Waals surface area contributed by atoms with Gasteiger partial charge in [-0.3, -0.25) is 10.1 Å². The average molecular weight is 339 g/mol. The summed E-state index contributed by atoms with van der Waals surface area (Å²) >= 11 is 0. The van der Waals surface area contributed by atoms with E-state index in [0.717, 1.165) is 6.20 Å². The first-order valence-corrected chi connectivity index (χ1v) is 7.44. The number of nitro groups is 1. The van der Waals surface area contributed by atoms with E-state index in [1.807, 2.05) is 6.07 Å². The zero-order valence-corrected chi connectivity index (χ0v) is 13.4. The molecule has 0 bridgehead atoms. The molecule has 0 saturated heterocycles. The smallest absolute Gasteiger partial charge is 0.246 e. The summed E-state index contributed by atoms with van der Waals surface area (Å²) in [6.07, 6.45) is 0.911. The van der Waals surface area contributed by atoms with E-state index in [4.69, 9.17) is 18.6 Å². The van der Waals surface area contributed by atoms with Crippen LogP contribution < -0.4 is 14.2 Å². The maximum atomic E-state index is 11.2. The third-order valence-corrected chi connectivity index (χ3v) is 4.03. The van der Waals surface area contributed by atoms with Gasteiger partial charge in [0.25, 0.3) is 0 Å². The van der Waals surface area contributed by atoms with Crippen LogP contribution in [0.4, 0.5) is 0 Å². The van der Waals surface area contributed by atoms with Crippen LogP contribution in [0.15, 0.2) is 47.0 Å². The van der Waals surface area contributed by atoms with Crippen molar-refractivity contribution in [1.82, 2.24) is 0 Å². The number of benzene rings is 2. The number of methoxy groups -OCH3 is 2. The van der Waals surface area contributed by atoms with Crippen LogP contribution in [0.2, 0.25) is 0 Å². The zero-order valence-electron chi connectivity index (χ0n) is 13.4. The van der Waals surface area contributed by atoms with Crippen LogP contribution in [0.1, 0.15) is 11.3 Å². The largest absolute Gasteiger partial charge is 0.493 e. The summed E-state index contributed by atoms with van der Waals surface area (Å²) in [5.74, 6) is 2.11. The molecule has 0 amide bonds. The van der Waals surface area contributed by atoms with Crippen molar-refractivity contribution in [2.45, 2.75) is 0 Å². The number of nitrogens with zero attached hydrogens (tertiary/aromatic N) is 1. The van der Waals surface area contributed by atoms with E-state index in [1.165, 1.54) is 14.2 Å². The van der Waals surface area contributed by atoms with Gasteiger partial charge < -0.3 is 18.6 Å². The molecule has 1 aliphatic heterocycles. The minimum Gasteiger partial charge on any atom is -0.493 e. The predicted octanol–water partition coefficient (Wildman–Crippen LogP) is 4.22. The Hall–Kier alpha value is -3.48. The van der Waals surface area contributed by atoms with Crippen molar-refractivity contribution in [3.8, 4) is 23.0 Å². The molecule has 0 unspecified atom stereocenters. The Balaban J connectivity index is 2.07. The average Bonchev–Trinajstić information content (AvgIpc) is 2.99. The van der Waals surface area contributed by atoms with Crippen molar-refractivity contribution in [1.29, 1.82) is 0 Å². The lowest BCUT2D eigenvalue weighted by molar-refractivity contribution is -0.401. The Morgan fingerprint density at radius 1 is 1.04 bits per heavy atom. The van der Waals surface area contributed by atoms with Gasteiger partial charge in [0.2, 0.25) is 6.20 Å². The fourth-order valence-corrected chi connectivity index (χ4v) is 2.96. The number of fused-ring (bicyclic) bond motifs is 4. The third kappa shape index (κ3) is 2.20. The molecule has 126 valence electrons. The van der Waals surface area contributed by atoms with Gasteiger partial charge in [-0.25, -0.2) is 0 Å². The molecule has 25 heavy (non-hydrogen) atoms. The Morgan fingerprint density at radius 3 is 2.48 bits per heavy atom. The molecule has 1 aromatic heterocycles. The van der Waals surface area contributed by atoms with Gasteiger partial charge in [0.15, 0.2) is 34.3 Å². The highest BCUT2D eigenvalue weighted by atomic mass is 16.6. The first-order valence-electron chi connectivity index (χ1n) is 7.44. The fraction of sp³-hybridized carbons (Fsp3) is 0.111. The monoisotopic (exact) mass is 339 g/mol. The molecule has 0 aliphatic carbocycles. The summed E-state index contributed by atoms with van der Waals surface area (Å²) < 4.78 is 22.6. The third-order valence-electron chi connectivity index (χ3n) is 4.03. The van der Waals surface area contributed by atoms with E-state index >= 15 is 0 Å². The highest BCUT2D eigenvalue weighted by molar-refractivity contribution is 5.98. The highest BCUT2D eigenvalue weighted by Gasteiger charge is 2.33. The predicted molar refractivity (Wildman–Crippen MR) is 89.9 cm³/mol. The molecule has 7 heteroatoms. The highest BCUT2D eigenvalue weighted by Crippen LogP contribution is 2.52. The molecule has 2 aromatic carbocycles. The van der Waals surface area contributed by atoms with E-state index < -0.39 is 4.92 Å². The second-order valence-corrected chi connectivity index (χ2v) is 5.36. The molecule has 0 fully saturated rings. The minimum atomic E-state index is -0.516. The number of rotatable bonds is 3. The van der Waals surface area contributed by atoms with E-state index in [9.17, 15) is 10.1 Å². The summed E-state index contributed by atoms with van der Waals surface area (Å²) in [6.45, 7) is 0. The van der Waals surface area contributed by atoms with Gasteiger partial charge >= 0.3 is 0 Å². The van der Waals surface area contributed by atoms with Crippen molar-refractivity contribution in [3.63, 3.8) is 0 Å². The second kappa shape index (κ2) is 5.55. The van der Waals surface area contributed by atoms with Gasteiger partial charge in [-0.05, 0) is 24.3 Å². The van der Waals surface area contributed by atoms with Crippen LogP contribution in [0.3, 0.4) is 0 Å². The maximum absolute atomic E-state index is 11.2. The SMILES string of the molecule is COc1cccc2c1Oc1c(oc3c(OC)cccc13)/C2=C\[N+](=O)[O-]. The van der Waals surface area contributed by atoms with Crippen LogP contribution in [-0.4, -0.2) is 19.1 Å². The van der Waals surface area contributed by atoms with Crippen LogP contribution in [0.5, 0.6) is 23.0 Å². The first-order chi connectivity index (χ1) is 12.1. The number of furan rings is 1. The molecule has 2 heterocycles. The van der Waals surface area contributed by atoms with Gasteiger partial charge in [-0.2, -0.15) is 0 Å². The van der Waals surface area contributed by atoms with Crippen molar-refractivity contribution in [2.24, 2.45) is 0 Å². The number of ether oxygens (including phenoxy) is 3. The number of hydrogen-bond donors (Lipinski definition) is 0. The quantitative estimate of drug-likeness (QED) is 0.410. The van der Waals surface area contributed by atoms with E-state index in [2.05, 4.69) is 0 Å². The molecule has 7 nitrogen and oxygen atoms in total. The molecule has 3 aromatic rings. The summed E-state index contributed by atoms with van der Waals surface area (Å²) in [5, 5.41) is 11.8. The Kier molecular flexibility index (Phi) is 3.35. The van der Waals surface area contributed by atoms with Gasteiger partial charge in [0, 0.05) is 5.56 Å². The fourth-order valence-electron chi connectivity index (χ4n) is 2.96. The van der Waals surface area contributed by atoms with Crippen molar-refractivity contribution < 1.29 is 23.6 Å². The van der Waals surface area contributed by atoms with Gasteiger partial charge in [-0.15, -0.1) is 0 Å². The lowest BCUT2D eigenvalue weighted by atomic mass is 9.99. The number of para-hydroxylation sites is 2.